The van der Waals surface area contributed by atoms with Gasteiger partial charge in [-0.15, -0.1) is 5.92 Å². The van der Waals surface area contributed by atoms with Crippen LogP contribution in [0.25, 0.3) is 0 Å². The van der Waals surface area contributed by atoms with Gasteiger partial charge in [-0.3, -0.25) is 9.59 Å². The molecule has 4 nitrogen and oxygen atoms in total. The van der Waals surface area contributed by atoms with E-state index >= 15 is 0 Å². The van der Waals surface area contributed by atoms with Crippen molar-refractivity contribution in [1.29, 1.82) is 0 Å². The fourth-order valence-corrected chi connectivity index (χ4v) is 3.38. The van der Waals surface area contributed by atoms with E-state index in [1.807, 2.05) is 31.2 Å². The highest BCUT2D eigenvalue weighted by molar-refractivity contribution is 5.78. The molecule has 0 heterocycles. The minimum Gasteiger partial charge on any atom is -0.489 e. The van der Waals surface area contributed by atoms with Gasteiger partial charge < -0.3 is 9.84 Å². The molecule has 0 spiro atoms. The van der Waals surface area contributed by atoms with Crippen molar-refractivity contribution < 1.29 is 19.4 Å². The molecular weight excluding hydrogens is 340 g/mol. The number of carbonyl (C=O) groups excluding carboxylic acids is 1. The number of rotatable bonds is 9. The summed E-state index contributed by atoms with van der Waals surface area (Å²) in [4.78, 5) is 22.7. The predicted molar refractivity (Wildman–Crippen MR) is 106 cm³/mol. The van der Waals surface area contributed by atoms with E-state index in [0.717, 1.165) is 30.6 Å². The van der Waals surface area contributed by atoms with E-state index in [9.17, 15) is 9.59 Å². The molecule has 2 unspecified atom stereocenters. The van der Waals surface area contributed by atoms with Gasteiger partial charge in [-0.25, -0.2) is 0 Å². The first-order valence-corrected chi connectivity index (χ1v) is 9.59. The lowest BCUT2D eigenvalue weighted by Gasteiger charge is -2.21. The molecule has 27 heavy (non-hydrogen) atoms. The fraction of sp³-hybridized carbons (Fsp3) is 0.478. The average molecular weight is 368 g/mol. The Morgan fingerprint density at radius 3 is 2.67 bits per heavy atom. The van der Waals surface area contributed by atoms with Crippen LogP contribution in [0.2, 0.25) is 0 Å². The van der Waals surface area contributed by atoms with Crippen molar-refractivity contribution in [1.82, 2.24) is 0 Å². The number of allylic oxidation sites excluding steroid dienone is 1. The Balaban J connectivity index is 1.95. The Morgan fingerprint density at radius 1 is 1.30 bits per heavy atom. The second kappa shape index (κ2) is 10.6. The second-order valence-electron chi connectivity index (χ2n) is 6.98. The van der Waals surface area contributed by atoms with E-state index in [2.05, 4.69) is 17.9 Å². The number of ether oxygens (including phenoxy) is 1. The molecule has 0 aliphatic heterocycles. The van der Waals surface area contributed by atoms with Crippen LogP contribution in [0.15, 0.2) is 35.9 Å². The summed E-state index contributed by atoms with van der Waals surface area (Å²) in [6.45, 7) is 4.16. The van der Waals surface area contributed by atoms with Gasteiger partial charge in [0.15, 0.2) is 0 Å². The first-order chi connectivity index (χ1) is 13.0. The maximum atomic E-state index is 11.7. The zero-order chi connectivity index (χ0) is 19.6. The van der Waals surface area contributed by atoms with E-state index in [1.165, 1.54) is 5.57 Å². The number of Topliss-reactive ketones (excluding diaryl/α,β-unsaturated/α-hetero) is 1. The Labute approximate surface area is 161 Å². The molecule has 0 saturated heterocycles. The van der Waals surface area contributed by atoms with Crippen LogP contribution in [0, 0.1) is 17.8 Å². The number of hydrogen-bond acceptors (Lipinski definition) is 3. The molecule has 0 aromatic heterocycles. The standard InChI is InChI=1S/C23H28O4/c1-3-6-20(15-23(25)26)19-9-11-22(12-10-19)27-16-18-8-5-7-17(13-18)14-21(24)4-2/h9-13,17,20H,4-5,7-8,14-16H2,1-2H3,(H,25,26). The molecule has 4 heteroatoms. The lowest BCUT2D eigenvalue weighted by molar-refractivity contribution is -0.137. The summed E-state index contributed by atoms with van der Waals surface area (Å²) in [5, 5.41) is 9.03. The van der Waals surface area contributed by atoms with Crippen LogP contribution in [0.3, 0.4) is 0 Å². The summed E-state index contributed by atoms with van der Waals surface area (Å²) in [5.74, 6) is 6.00. The van der Waals surface area contributed by atoms with Gasteiger partial charge in [0, 0.05) is 12.8 Å². The van der Waals surface area contributed by atoms with Crippen LogP contribution in [-0.2, 0) is 9.59 Å². The summed E-state index contributed by atoms with van der Waals surface area (Å²) in [6, 6.07) is 7.49. The Bertz CT molecular complexity index is 734. The molecule has 0 bridgehead atoms. The number of benzene rings is 1. The van der Waals surface area contributed by atoms with Crippen molar-refractivity contribution in [3.05, 3.63) is 41.5 Å². The minimum absolute atomic E-state index is 0.00814. The van der Waals surface area contributed by atoms with E-state index in [4.69, 9.17) is 9.84 Å². The largest absolute Gasteiger partial charge is 0.489 e. The van der Waals surface area contributed by atoms with Crippen LogP contribution in [0.1, 0.15) is 63.9 Å². The molecule has 2 atom stereocenters. The van der Waals surface area contributed by atoms with Gasteiger partial charge in [0.05, 0.1) is 12.3 Å². The van der Waals surface area contributed by atoms with Crippen molar-refractivity contribution in [3.8, 4) is 17.6 Å². The van der Waals surface area contributed by atoms with Crippen LogP contribution in [0.5, 0.6) is 5.75 Å². The number of aliphatic carboxylic acids is 1. The highest BCUT2D eigenvalue weighted by atomic mass is 16.5. The van der Waals surface area contributed by atoms with Gasteiger partial charge in [0.2, 0.25) is 0 Å². The molecule has 0 amide bonds. The number of hydrogen-bond donors (Lipinski definition) is 1. The van der Waals surface area contributed by atoms with Crippen molar-refractivity contribution >= 4 is 11.8 Å². The van der Waals surface area contributed by atoms with Gasteiger partial charge in [0.25, 0.3) is 0 Å². The van der Waals surface area contributed by atoms with Crippen molar-refractivity contribution in [2.24, 2.45) is 5.92 Å². The van der Waals surface area contributed by atoms with Crippen molar-refractivity contribution in [3.63, 3.8) is 0 Å². The molecule has 144 valence electrons. The molecule has 0 saturated carbocycles. The van der Waals surface area contributed by atoms with E-state index in [-0.39, 0.29) is 12.3 Å². The normalized spacial score (nSPS) is 17.3. The maximum Gasteiger partial charge on any atom is 0.304 e. The molecular formula is C23H28O4. The number of ketones is 1. The third kappa shape index (κ3) is 6.94. The highest BCUT2D eigenvalue weighted by Crippen LogP contribution is 2.27. The Kier molecular flexibility index (Phi) is 8.13. The molecule has 0 fully saturated rings. The number of carboxylic acids is 1. The Hall–Kier alpha value is -2.54. The quantitative estimate of drug-likeness (QED) is 0.505. The molecule has 1 N–H and O–H groups in total. The monoisotopic (exact) mass is 368 g/mol. The molecule has 1 aromatic carbocycles. The summed E-state index contributed by atoms with van der Waals surface area (Å²) in [5.41, 5.74) is 2.13. The maximum absolute atomic E-state index is 11.7. The molecule has 2 rings (SSSR count). The zero-order valence-electron chi connectivity index (χ0n) is 16.2. The second-order valence-corrected chi connectivity index (χ2v) is 6.98. The van der Waals surface area contributed by atoms with Crippen molar-refractivity contribution in [2.75, 3.05) is 6.61 Å². The van der Waals surface area contributed by atoms with Crippen molar-refractivity contribution in [2.45, 2.75) is 58.3 Å². The lowest BCUT2D eigenvalue weighted by Crippen LogP contribution is -2.13. The zero-order valence-corrected chi connectivity index (χ0v) is 16.2. The van der Waals surface area contributed by atoms with Gasteiger partial charge in [0.1, 0.15) is 18.1 Å². The van der Waals surface area contributed by atoms with E-state index < -0.39 is 5.97 Å². The molecule has 0 radical (unpaired) electrons. The average Bonchev–Trinajstić information content (AvgIpc) is 2.66. The number of carbonyl (C=O) groups is 2. The van der Waals surface area contributed by atoms with Crippen LogP contribution in [0.4, 0.5) is 0 Å². The third-order valence-electron chi connectivity index (χ3n) is 4.83. The first kappa shape index (κ1) is 20.8. The van der Waals surface area contributed by atoms with Crippen LogP contribution < -0.4 is 4.74 Å². The fourth-order valence-electron chi connectivity index (χ4n) is 3.38. The van der Waals surface area contributed by atoms with Gasteiger partial charge in [-0.1, -0.05) is 31.1 Å². The van der Waals surface area contributed by atoms with Gasteiger partial charge in [-0.2, -0.15) is 0 Å². The minimum atomic E-state index is -0.858. The van der Waals surface area contributed by atoms with Crippen LogP contribution >= 0.6 is 0 Å². The third-order valence-corrected chi connectivity index (χ3v) is 4.83. The van der Waals surface area contributed by atoms with Crippen LogP contribution in [-0.4, -0.2) is 23.5 Å². The lowest BCUT2D eigenvalue weighted by atomic mass is 9.87. The summed E-state index contributed by atoms with van der Waals surface area (Å²) < 4.78 is 5.90. The van der Waals surface area contributed by atoms with Gasteiger partial charge in [-0.05, 0) is 55.4 Å². The summed E-state index contributed by atoms with van der Waals surface area (Å²) in [7, 11) is 0. The predicted octanol–water partition coefficient (Wildman–Crippen LogP) is 4.74. The van der Waals surface area contributed by atoms with Gasteiger partial charge >= 0.3 is 5.97 Å². The molecule has 1 aliphatic carbocycles. The molecule has 1 aromatic rings. The highest BCUT2D eigenvalue weighted by Gasteiger charge is 2.17. The molecule has 1 aliphatic rings. The van der Waals surface area contributed by atoms with E-state index in [1.54, 1.807) is 6.92 Å². The Morgan fingerprint density at radius 2 is 2.04 bits per heavy atom. The smallest absolute Gasteiger partial charge is 0.304 e. The summed E-state index contributed by atoms with van der Waals surface area (Å²) in [6.07, 6.45) is 6.64. The van der Waals surface area contributed by atoms with E-state index in [0.29, 0.717) is 31.1 Å². The first-order valence-electron chi connectivity index (χ1n) is 9.59. The summed E-state index contributed by atoms with van der Waals surface area (Å²) >= 11 is 0. The number of carboxylic acid groups (broad SMARTS) is 1. The SMILES string of the molecule is CC#CC(CC(=O)O)c1ccc(OCC2=CC(CC(=O)CC)CCC2)cc1. The topological polar surface area (TPSA) is 63.6 Å².